The summed E-state index contributed by atoms with van der Waals surface area (Å²) in [6.07, 6.45) is 3.99. The van der Waals surface area contributed by atoms with Crippen molar-refractivity contribution in [3.05, 3.63) is 52.8 Å². The summed E-state index contributed by atoms with van der Waals surface area (Å²) in [6.45, 7) is 0. The highest BCUT2D eigenvalue weighted by Crippen LogP contribution is 2.52. The number of hydrogen-bond acceptors (Lipinski definition) is 3. The molecular weight excluding hydrogens is 354 g/mol. The van der Waals surface area contributed by atoms with Crippen molar-refractivity contribution in [3.63, 3.8) is 0 Å². The second kappa shape index (κ2) is 6.13. The highest BCUT2D eigenvalue weighted by molar-refractivity contribution is 6.33. The number of aromatic nitrogens is 2. The molecule has 26 heavy (non-hydrogen) atoms. The first-order valence-corrected chi connectivity index (χ1v) is 9.09. The van der Waals surface area contributed by atoms with Gasteiger partial charge in [0.1, 0.15) is 0 Å². The van der Waals surface area contributed by atoms with E-state index in [9.17, 15) is 14.7 Å². The van der Waals surface area contributed by atoms with Gasteiger partial charge in [-0.2, -0.15) is 5.10 Å². The number of aryl methyl sites for hydroxylation is 1. The molecule has 0 radical (unpaired) electrons. The molecule has 2 saturated heterocycles. The van der Waals surface area contributed by atoms with Crippen LogP contribution in [0, 0.1) is 5.41 Å². The first kappa shape index (κ1) is 17.1. The summed E-state index contributed by atoms with van der Waals surface area (Å²) in [5.74, 6) is -1.10. The third-order valence-electron chi connectivity index (χ3n) is 5.75. The number of fused-ring (bicyclic) bond motifs is 2. The Hall–Kier alpha value is -2.34. The molecule has 2 aliphatic rings. The van der Waals surface area contributed by atoms with Gasteiger partial charge in [0.05, 0.1) is 10.4 Å². The Morgan fingerprint density at radius 2 is 2.04 bits per heavy atom. The number of benzene rings is 1. The molecule has 4 rings (SSSR count). The molecule has 2 aliphatic heterocycles. The average molecular weight is 374 g/mol. The molecule has 3 heterocycles. The van der Waals surface area contributed by atoms with Gasteiger partial charge in [-0.05, 0) is 31.2 Å². The van der Waals surface area contributed by atoms with Crippen LogP contribution in [0.15, 0.2) is 36.5 Å². The van der Waals surface area contributed by atoms with Crippen LogP contribution in [0.2, 0.25) is 5.02 Å². The van der Waals surface area contributed by atoms with E-state index >= 15 is 0 Å². The molecule has 3 atom stereocenters. The Morgan fingerprint density at radius 1 is 1.31 bits per heavy atom. The van der Waals surface area contributed by atoms with Crippen LogP contribution >= 0.6 is 11.6 Å². The van der Waals surface area contributed by atoms with Crippen LogP contribution in [0.1, 0.15) is 35.3 Å². The standard InChI is InChI=1S/C19H20ClN3O3/c1-22-11-14(20)16(21-22)17(24)23-13-7-8-15(23)19(10-13,18(25)26)9-12-5-3-2-4-6-12/h2-6,11,13,15H,7-10H2,1H3,(H,25,26)/t13-,15+,19+/m0/s1. The minimum absolute atomic E-state index is 0.0783. The van der Waals surface area contributed by atoms with Gasteiger partial charge in [0.2, 0.25) is 0 Å². The summed E-state index contributed by atoms with van der Waals surface area (Å²) in [6, 6.07) is 9.21. The number of halogens is 1. The Kier molecular flexibility index (Phi) is 4.03. The van der Waals surface area contributed by atoms with E-state index in [2.05, 4.69) is 5.10 Å². The number of rotatable bonds is 4. The number of carboxylic acids is 1. The second-order valence-corrected chi connectivity index (χ2v) is 7.69. The third-order valence-corrected chi connectivity index (χ3v) is 6.03. The third kappa shape index (κ3) is 2.51. The number of hydrogen-bond donors (Lipinski definition) is 1. The van der Waals surface area contributed by atoms with Crippen LogP contribution in [0.5, 0.6) is 0 Å². The van der Waals surface area contributed by atoms with Crippen LogP contribution in [0.3, 0.4) is 0 Å². The van der Waals surface area contributed by atoms with Crippen LogP contribution < -0.4 is 0 Å². The smallest absolute Gasteiger partial charge is 0.312 e. The molecule has 2 bridgehead atoms. The van der Waals surface area contributed by atoms with Crippen LogP contribution in [0.4, 0.5) is 0 Å². The van der Waals surface area contributed by atoms with Crippen molar-refractivity contribution in [2.75, 3.05) is 0 Å². The number of carboxylic acid groups (broad SMARTS) is 1. The van der Waals surface area contributed by atoms with Crippen LogP contribution in [-0.2, 0) is 18.3 Å². The second-order valence-electron chi connectivity index (χ2n) is 7.29. The zero-order valence-electron chi connectivity index (χ0n) is 14.4. The van der Waals surface area contributed by atoms with Gasteiger partial charge >= 0.3 is 5.97 Å². The van der Waals surface area contributed by atoms with Gasteiger partial charge in [-0.15, -0.1) is 0 Å². The molecule has 1 aromatic heterocycles. The maximum atomic E-state index is 13.1. The first-order chi connectivity index (χ1) is 12.4. The molecule has 0 unspecified atom stereocenters. The van der Waals surface area contributed by atoms with E-state index in [-0.39, 0.29) is 23.7 Å². The molecular formula is C19H20ClN3O3. The zero-order valence-corrected chi connectivity index (χ0v) is 15.2. The maximum absolute atomic E-state index is 13.1. The van der Waals surface area contributed by atoms with E-state index in [1.807, 2.05) is 30.3 Å². The molecule has 136 valence electrons. The molecule has 0 saturated carbocycles. The Bertz CT molecular complexity index is 866. The largest absolute Gasteiger partial charge is 0.481 e. The lowest BCUT2D eigenvalue weighted by atomic mass is 9.70. The zero-order chi connectivity index (χ0) is 18.5. The van der Waals surface area contributed by atoms with Crippen molar-refractivity contribution in [1.29, 1.82) is 0 Å². The lowest BCUT2D eigenvalue weighted by Crippen LogP contribution is -2.46. The maximum Gasteiger partial charge on any atom is 0.312 e. The number of carbonyl (C=O) groups is 2. The van der Waals surface area contributed by atoms with Crippen molar-refractivity contribution in [1.82, 2.24) is 14.7 Å². The Balaban J connectivity index is 1.68. The number of nitrogens with zero attached hydrogens (tertiary/aromatic N) is 3. The fourth-order valence-corrected chi connectivity index (χ4v) is 4.93. The summed E-state index contributed by atoms with van der Waals surface area (Å²) >= 11 is 6.15. The minimum atomic E-state index is -0.957. The molecule has 1 amide bonds. The highest BCUT2D eigenvalue weighted by atomic mass is 35.5. The predicted molar refractivity (Wildman–Crippen MR) is 96.0 cm³/mol. The van der Waals surface area contributed by atoms with E-state index in [0.717, 1.165) is 12.0 Å². The van der Waals surface area contributed by atoms with Gasteiger partial charge in [-0.3, -0.25) is 14.3 Å². The average Bonchev–Trinajstić information content (AvgIpc) is 3.26. The number of amides is 1. The highest BCUT2D eigenvalue weighted by Gasteiger charge is 2.61. The van der Waals surface area contributed by atoms with E-state index in [0.29, 0.717) is 24.3 Å². The fraction of sp³-hybridized carbons (Fsp3) is 0.421. The molecule has 6 nitrogen and oxygen atoms in total. The topological polar surface area (TPSA) is 75.4 Å². The molecule has 7 heteroatoms. The van der Waals surface area contributed by atoms with Crippen molar-refractivity contribution < 1.29 is 14.7 Å². The molecule has 1 N–H and O–H groups in total. The summed E-state index contributed by atoms with van der Waals surface area (Å²) < 4.78 is 1.50. The van der Waals surface area contributed by atoms with Gasteiger partial charge in [-0.1, -0.05) is 41.9 Å². The van der Waals surface area contributed by atoms with E-state index in [1.54, 1.807) is 18.1 Å². The van der Waals surface area contributed by atoms with E-state index in [4.69, 9.17) is 11.6 Å². The molecule has 0 aliphatic carbocycles. The van der Waals surface area contributed by atoms with E-state index < -0.39 is 11.4 Å². The summed E-state index contributed by atoms with van der Waals surface area (Å²) in [5, 5.41) is 14.6. The van der Waals surface area contributed by atoms with Crippen molar-refractivity contribution >= 4 is 23.5 Å². The van der Waals surface area contributed by atoms with Crippen molar-refractivity contribution in [3.8, 4) is 0 Å². The lowest BCUT2D eigenvalue weighted by Gasteiger charge is -2.33. The number of aliphatic carboxylic acids is 1. The monoisotopic (exact) mass is 373 g/mol. The minimum Gasteiger partial charge on any atom is -0.481 e. The summed E-state index contributed by atoms with van der Waals surface area (Å²) in [5.41, 5.74) is 0.221. The van der Waals surface area contributed by atoms with Crippen LogP contribution in [-0.4, -0.2) is 43.7 Å². The Labute approximate surface area is 156 Å². The SMILES string of the molecule is Cn1cc(Cl)c(C(=O)N2[C@H]3CC[C@@H]2[C@](Cc2ccccc2)(C(=O)O)C3)n1. The molecule has 1 aromatic carbocycles. The van der Waals surface area contributed by atoms with Crippen LogP contribution in [0.25, 0.3) is 0 Å². The van der Waals surface area contributed by atoms with Crippen molar-refractivity contribution in [2.24, 2.45) is 12.5 Å². The number of carbonyl (C=O) groups excluding carboxylic acids is 1. The normalized spacial score (nSPS) is 27.1. The summed E-state index contributed by atoms with van der Waals surface area (Å²) in [7, 11) is 1.71. The summed E-state index contributed by atoms with van der Waals surface area (Å²) in [4.78, 5) is 27.1. The van der Waals surface area contributed by atoms with Crippen molar-refractivity contribution in [2.45, 2.75) is 37.8 Å². The van der Waals surface area contributed by atoms with Gasteiger partial charge in [0.25, 0.3) is 5.91 Å². The molecule has 2 aromatic rings. The first-order valence-electron chi connectivity index (χ1n) is 8.71. The molecule has 0 spiro atoms. The Morgan fingerprint density at radius 3 is 2.65 bits per heavy atom. The van der Waals surface area contributed by atoms with Gasteiger partial charge < -0.3 is 10.0 Å². The van der Waals surface area contributed by atoms with Gasteiger partial charge in [0.15, 0.2) is 5.69 Å². The van der Waals surface area contributed by atoms with Gasteiger partial charge in [0, 0.05) is 25.3 Å². The van der Waals surface area contributed by atoms with E-state index in [1.165, 1.54) is 4.68 Å². The predicted octanol–water partition coefficient (Wildman–Crippen LogP) is 2.76. The quantitative estimate of drug-likeness (QED) is 0.894. The molecule has 2 fully saturated rings. The van der Waals surface area contributed by atoms with Gasteiger partial charge in [-0.25, -0.2) is 0 Å². The fourth-order valence-electron chi connectivity index (χ4n) is 4.67. The lowest BCUT2D eigenvalue weighted by molar-refractivity contribution is -0.150.